The van der Waals surface area contributed by atoms with Gasteiger partial charge in [-0.25, -0.2) is 0 Å². The predicted molar refractivity (Wildman–Crippen MR) is 79.8 cm³/mol. The third-order valence-corrected chi connectivity index (χ3v) is 3.84. The molecule has 0 radical (unpaired) electrons. The Morgan fingerprint density at radius 1 is 1.11 bits per heavy atom. The van der Waals surface area contributed by atoms with Crippen LogP contribution < -0.4 is 5.32 Å². The molecule has 0 aromatic heterocycles. The van der Waals surface area contributed by atoms with Crippen molar-refractivity contribution < 1.29 is 0 Å². The van der Waals surface area contributed by atoms with E-state index < -0.39 is 0 Å². The first kappa shape index (κ1) is 15.2. The van der Waals surface area contributed by atoms with Crippen LogP contribution in [0.15, 0.2) is 24.3 Å². The molecule has 2 nitrogen and oxygen atoms in total. The zero-order chi connectivity index (χ0) is 13.5. The SMILES string of the molecule is CNCCc1ccccc1CN(C)C(C)C(C)C. The summed E-state index contributed by atoms with van der Waals surface area (Å²) in [5.41, 5.74) is 2.93. The third kappa shape index (κ3) is 4.43. The molecule has 0 aliphatic rings. The lowest BCUT2D eigenvalue weighted by atomic mass is 10.0. The first-order chi connectivity index (χ1) is 8.56. The van der Waals surface area contributed by atoms with E-state index in [4.69, 9.17) is 0 Å². The van der Waals surface area contributed by atoms with Gasteiger partial charge in [-0.2, -0.15) is 0 Å². The van der Waals surface area contributed by atoms with Crippen LogP contribution >= 0.6 is 0 Å². The smallest absolute Gasteiger partial charge is 0.0236 e. The highest BCUT2D eigenvalue weighted by atomic mass is 15.1. The van der Waals surface area contributed by atoms with Crippen LogP contribution in [0.5, 0.6) is 0 Å². The molecular weight excluding hydrogens is 220 g/mol. The number of nitrogens with one attached hydrogen (secondary N) is 1. The van der Waals surface area contributed by atoms with Gasteiger partial charge in [-0.05, 0) is 51.0 Å². The number of benzene rings is 1. The van der Waals surface area contributed by atoms with Crippen molar-refractivity contribution in [1.29, 1.82) is 0 Å². The molecule has 0 amide bonds. The average Bonchev–Trinajstić information content (AvgIpc) is 2.36. The Morgan fingerprint density at radius 2 is 1.72 bits per heavy atom. The summed E-state index contributed by atoms with van der Waals surface area (Å²) in [5.74, 6) is 0.694. The second-order valence-electron chi connectivity index (χ2n) is 5.52. The number of nitrogens with zero attached hydrogens (tertiary/aromatic N) is 1. The van der Waals surface area contributed by atoms with E-state index >= 15 is 0 Å². The minimum atomic E-state index is 0.613. The summed E-state index contributed by atoms with van der Waals surface area (Å²) < 4.78 is 0. The predicted octanol–water partition coefficient (Wildman–Crippen LogP) is 2.92. The van der Waals surface area contributed by atoms with Gasteiger partial charge in [0.15, 0.2) is 0 Å². The molecule has 0 heterocycles. The van der Waals surface area contributed by atoms with Crippen LogP contribution in [0.25, 0.3) is 0 Å². The maximum Gasteiger partial charge on any atom is 0.0236 e. The van der Waals surface area contributed by atoms with E-state index in [1.54, 1.807) is 0 Å². The fourth-order valence-corrected chi connectivity index (χ4v) is 2.14. The summed E-state index contributed by atoms with van der Waals surface area (Å²) in [7, 11) is 4.23. The van der Waals surface area contributed by atoms with Gasteiger partial charge in [-0.3, -0.25) is 4.90 Å². The molecule has 1 aromatic carbocycles. The van der Waals surface area contributed by atoms with Gasteiger partial charge in [0.25, 0.3) is 0 Å². The summed E-state index contributed by atoms with van der Waals surface area (Å²) >= 11 is 0. The molecule has 18 heavy (non-hydrogen) atoms. The van der Waals surface area contributed by atoms with Crippen LogP contribution in [-0.2, 0) is 13.0 Å². The van der Waals surface area contributed by atoms with Gasteiger partial charge in [0.05, 0.1) is 0 Å². The van der Waals surface area contributed by atoms with E-state index in [-0.39, 0.29) is 0 Å². The van der Waals surface area contributed by atoms with Crippen LogP contribution in [0.1, 0.15) is 31.9 Å². The van der Waals surface area contributed by atoms with Gasteiger partial charge in [0, 0.05) is 12.6 Å². The molecule has 0 saturated carbocycles. The summed E-state index contributed by atoms with van der Waals surface area (Å²) in [5, 5.41) is 3.22. The van der Waals surface area contributed by atoms with E-state index in [1.165, 1.54) is 11.1 Å². The van der Waals surface area contributed by atoms with Crippen molar-refractivity contribution in [2.75, 3.05) is 20.6 Å². The molecule has 1 atom stereocenters. The Morgan fingerprint density at radius 3 is 2.28 bits per heavy atom. The molecule has 0 aliphatic heterocycles. The Bertz CT molecular complexity index is 347. The lowest BCUT2D eigenvalue weighted by Crippen LogP contribution is -2.33. The molecule has 2 heteroatoms. The molecule has 0 aliphatic carbocycles. The van der Waals surface area contributed by atoms with E-state index in [0.29, 0.717) is 12.0 Å². The average molecular weight is 248 g/mol. The molecule has 0 bridgehead atoms. The molecule has 1 rings (SSSR count). The quantitative estimate of drug-likeness (QED) is 0.798. The monoisotopic (exact) mass is 248 g/mol. The third-order valence-electron chi connectivity index (χ3n) is 3.84. The van der Waals surface area contributed by atoms with E-state index in [2.05, 4.69) is 62.3 Å². The number of hydrogen-bond acceptors (Lipinski definition) is 2. The molecule has 0 fully saturated rings. The topological polar surface area (TPSA) is 15.3 Å². The zero-order valence-corrected chi connectivity index (χ0v) is 12.5. The van der Waals surface area contributed by atoms with Crippen molar-refractivity contribution >= 4 is 0 Å². The largest absolute Gasteiger partial charge is 0.319 e. The Labute approximate surface area is 112 Å². The van der Waals surface area contributed by atoms with Crippen molar-refractivity contribution in [2.45, 2.75) is 39.8 Å². The van der Waals surface area contributed by atoms with E-state index in [1.807, 2.05) is 7.05 Å². The molecule has 1 aromatic rings. The Balaban J connectivity index is 2.71. The molecular formula is C16H28N2. The van der Waals surface area contributed by atoms with E-state index in [0.717, 1.165) is 19.5 Å². The normalized spacial score (nSPS) is 13.3. The Kier molecular flexibility index (Phi) is 6.37. The van der Waals surface area contributed by atoms with E-state index in [9.17, 15) is 0 Å². The minimum absolute atomic E-state index is 0.613. The second-order valence-corrected chi connectivity index (χ2v) is 5.52. The highest BCUT2D eigenvalue weighted by molar-refractivity contribution is 5.27. The van der Waals surface area contributed by atoms with Crippen molar-refractivity contribution in [3.8, 4) is 0 Å². The van der Waals surface area contributed by atoms with Crippen LogP contribution in [0.4, 0.5) is 0 Å². The van der Waals surface area contributed by atoms with Crippen LogP contribution in [0.2, 0.25) is 0 Å². The first-order valence-corrected chi connectivity index (χ1v) is 6.98. The maximum atomic E-state index is 3.22. The molecule has 1 N–H and O–H groups in total. The van der Waals surface area contributed by atoms with Gasteiger partial charge in [-0.1, -0.05) is 38.1 Å². The van der Waals surface area contributed by atoms with Crippen molar-refractivity contribution in [3.63, 3.8) is 0 Å². The summed E-state index contributed by atoms with van der Waals surface area (Å²) in [6.45, 7) is 8.96. The lowest BCUT2D eigenvalue weighted by molar-refractivity contribution is 0.200. The van der Waals surface area contributed by atoms with Crippen molar-refractivity contribution in [2.24, 2.45) is 5.92 Å². The van der Waals surface area contributed by atoms with Gasteiger partial charge in [0.1, 0.15) is 0 Å². The minimum Gasteiger partial charge on any atom is -0.319 e. The molecule has 0 saturated heterocycles. The summed E-state index contributed by atoms with van der Waals surface area (Å²) in [6.07, 6.45) is 1.11. The summed E-state index contributed by atoms with van der Waals surface area (Å²) in [6, 6.07) is 9.41. The number of hydrogen-bond donors (Lipinski definition) is 1. The fraction of sp³-hybridized carbons (Fsp3) is 0.625. The van der Waals surface area contributed by atoms with Crippen LogP contribution in [-0.4, -0.2) is 31.6 Å². The lowest BCUT2D eigenvalue weighted by Gasteiger charge is -2.28. The second kappa shape index (κ2) is 7.55. The van der Waals surface area contributed by atoms with Crippen molar-refractivity contribution in [3.05, 3.63) is 35.4 Å². The number of likely N-dealkylation sites (N-methyl/N-ethyl adjacent to an activating group) is 1. The molecule has 1 unspecified atom stereocenters. The molecule has 0 spiro atoms. The molecule has 102 valence electrons. The zero-order valence-electron chi connectivity index (χ0n) is 12.5. The van der Waals surface area contributed by atoms with Gasteiger partial charge >= 0.3 is 0 Å². The van der Waals surface area contributed by atoms with Gasteiger partial charge < -0.3 is 5.32 Å². The van der Waals surface area contributed by atoms with Gasteiger partial charge in [0.2, 0.25) is 0 Å². The van der Waals surface area contributed by atoms with Crippen molar-refractivity contribution in [1.82, 2.24) is 10.2 Å². The van der Waals surface area contributed by atoms with Gasteiger partial charge in [-0.15, -0.1) is 0 Å². The van der Waals surface area contributed by atoms with Crippen LogP contribution in [0, 0.1) is 5.92 Å². The highest BCUT2D eigenvalue weighted by Gasteiger charge is 2.14. The summed E-state index contributed by atoms with van der Waals surface area (Å²) in [4.78, 5) is 2.45. The highest BCUT2D eigenvalue weighted by Crippen LogP contribution is 2.15. The maximum absolute atomic E-state index is 3.22. The Hall–Kier alpha value is -0.860. The fourth-order valence-electron chi connectivity index (χ4n) is 2.14. The number of rotatable bonds is 7. The standard InChI is InChI=1S/C16H28N2/c1-13(2)14(3)18(5)12-16-9-7-6-8-15(16)10-11-17-4/h6-9,13-14,17H,10-12H2,1-5H3. The first-order valence-electron chi connectivity index (χ1n) is 6.98. The van der Waals surface area contributed by atoms with Crippen LogP contribution in [0.3, 0.4) is 0 Å².